The molecule has 0 aliphatic carbocycles. The highest BCUT2D eigenvalue weighted by molar-refractivity contribution is 7.99. The third-order valence-corrected chi connectivity index (χ3v) is 4.50. The van der Waals surface area contributed by atoms with Crippen LogP contribution in [0.5, 0.6) is 0 Å². The molecule has 0 saturated heterocycles. The van der Waals surface area contributed by atoms with Crippen LogP contribution in [0.1, 0.15) is 25.0 Å². The first-order valence-corrected chi connectivity index (χ1v) is 9.59. The SMILES string of the molecule is CCNC(=O)NC(=O)[C@@H](OC(=O)CCSc1ccccc1)c1ccccc1. The van der Waals surface area contributed by atoms with Crippen molar-refractivity contribution in [3.63, 3.8) is 0 Å². The molecule has 2 rings (SSSR count). The Morgan fingerprint density at radius 2 is 1.63 bits per heavy atom. The molecule has 0 aromatic heterocycles. The van der Waals surface area contributed by atoms with Crippen molar-refractivity contribution in [1.82, 2.24) is 10.6 Å². The van der Waals surface area contributed by atoms with E-state index in [9.17, 15) is 14.4 Å². The van der Waals surface area contributed by atoms with E-state index in [2.05, 4.69) is 10.6 Å². The Bertz CT molecular complexity index is 753. The largest absolute Gasteiger partial charge is 0.447 e. The maximum atomic E-state index is 12.4. The first-order chi connectivity index (χ1) is 13.1. The van der Waals surface area contributed by atoms with Crippen molar-refractivity contribution in [2.75, 3.05) is 12.3 Å². The zero-order valence-corrected chi connectivity index (χ0v) is 15.8. The van der Waals surface area contributed by atoms with E-state index >= 15 is 0 Å². The van der Waals surface area contributed by atoms with Crippen LogP contribution < -0.4 is 10.6 Å². The van der Waals surface area contributed by atoms with E-state index in [0.29, 0.717) is 17.9 Å². The molecule has 7 heteroatoms. The Morgan fingerprint density at radius 3 is 2.26 bits per heavy atom. The van der Waals surface area contributed by atoms with Gasteiger partial charge in [-0.2, -0.15) is 0 Å². The Hall–Kier alpha value is -2.80. The molecule has 0 aliphatic rings. The van der Waals surface area contributed by atoms with Gasteiger partial charge in [0, 0.05) is 22.8 Å². The van der Waals surface area contributed by atoms with E-state index in [4.69, 9.17) is 4.74 Å². The second-order valence-corrected chi connectivity index (χ2v) is 6.71. The van der Waals surface area contributed by atoms with Gasteiger partial charge in [-0.1, -0.05) is 48.5 Å². The van der Waals surface area contributed by atoms with Crippen molar-refractivity contribution in [1.29, 1.82) is 0 Å². The fourth-order valence-electron chi connectivity index (χ4n) is 2.24. The van der Waals surface area contributed by atoms with Gasteiger partial charge in [0.05, 0.1) is 6.42 Å². The van der Waals surface area contributed by atoms with Crippen LogP contribution in [0, 0.1) is 0 Å². The molecular weight excluding hydrogens is 364 g/mol. The zero-order chi connectivity index (χ0) is 19.5. The Morgan fingerprint density at radius 1 is 1.00 bits per heavy atom. The van der Waals surface area contributed by atoms with Crippen LogP contribution in [0.2, 0.25) is 0 Å². The van der Waals surface area contributed by atoms with Gasteiger partial charge in [0.1, 0.15) is 0 Å². The molecule has 0 aliphatic heterocycles. The molecule has 0 heterocycles. The van der Waals surface area contributed by atoms with Crippen molar-refractivity contribution in [2.45, 2.75) is 24.3 Å². The Balaban J connectivity index is 1.95. The number of hydrogen-bond donors (Lipinski definition) is 2. The summed E-state index contributed by atoms with van der Waals surface area (Å²) >= 11 is 1.53. The standard InChI is InChI=1S/C20H22N2O4S/c1-2-21-20(25)22-19(24)18(15-9-5-3-6-10-15)26-17(23)13-14-27-16-11-7-4-8-12-16/h3-12,18H,2,13-14H2,1H3,(H2,21,22,24,25)/t18-/m0/s1. The lowest BCUT2D eigenvalue weighted by atomic mass is 10.1. The summed E-state index contributed by atoms with van der Waals surface area (Å²) in [6, 6.07) is 17.7. The number of nitrogens with one attached hydrogen (secondary N) is 2. The number of imide groups is 1. The van der Waals surface area contributed by atoms with Gasteiger partial charge in [-0.3, -0.25) is 14.9 Å². The third kappa shape index (κ3) is 7.15. The average molecular weight is 386 g/mol. The second kappa shape index (κ2) is 11.0. The second-order valence-electron chi connectivity index (χ2n) is 5.54. The first kappa shape index (κ1) is 20.5. The number of hydrogen-bond acceptors (Lipinski definition) is 5. The van der Waals surface area contributed by atoms with Crippen molar-refractivity contribution in [3.8, 4) is 0 Å². The molecule has 2 aromatic carbocycles. The average Bonchev–Trinajstić information content (AvgIpc) is 2.67. The van der Waals surface area contributed by atoms with Gasteiger partial charge in [0.15, 0.2) is 0 Å². The predicted octanol–water partition coefficient (Wildman–Crippen LogP) is 3.30. The topological polar surface area (TPSA) is 84.5 Å². The highest BCUT2D eigenvalue weighted by Crippen LogP contribution is 2.21. The van der Waals surface area contributed by atoms with Gasteiger partial charge >= 0.3 is 12.0 Å². The van der Waals surface area contributed by atoms with E-state index in [0.717, 1.165) is 4.90 Å². The van der Waals surface area contributed by atoms with Crippen LogP contribution in [0.15, 0.2) is 65.6 Å². The van der Waals surface area contributed by atoms with Crippen LogP contribution in [0.25, 0.3) is 0 Å². The minimum Gasteiger partial charge on any atom is -0.447 e. The molecule has 6 nitrogen and oxygen atoms in total. The molecule has 142 valence electrons. The normalized spacial score (nSPS) is 11.3. The lowest BCUT2D eigenvalue weighted by Gasteiger charge is -2.17. The van der Waals surface area contributed by atoms with Crippen molar-refractivity contribution < 1.29 is 19.1 Å². The maximum Gasteiger partial charge on any atom is 0.321 e. The fraction of sp³-hybridized carbons (Fsp3) is 0.250. The Kier molecular flexibility index (Phi) is 8.38. The summed E-state index contributed by atoms with van der Waals surface area (Å²) in [4.78, 5) is 37.3. The van der Waals surface area contributed by atoms with Crippen LogP contribution in [0.4, 0.5) is 4.79 Å². The van der Waals surface area contributed by atoms with Gasteiger partial charge < -0.3 is 10.1 Å². The van der Waals surface area contributed by atoms with Crippen LogP contribution in [-0.2, 0) is 14.3 Å². The molecule has 0 fully saturated rings. The van der Waals surface area contributed by atoms with Crippen LogP contribution in [0.3, 0.4) is 0 Å². The third-order valence-electron chi connectivity index (χ3n) is 3.48. The van der Waals surface area contributed by atoms with E-state index in [1.807, 2.05) is 30.3 Å². The summed E-state index contributed by atoms with van der Waals surface area (Å²) in [6.45, 7) is 2.12. The van der Waals surface area contributed by atoms with Gasteiger partial charge in [0.25, 0.3) is 5.91 Å². The van der Waals surface area contributed by atoms with Gasteiger partial charge in [-0.05, 0) is 19.1 Å². The molecule has 0 bridgehead atoms. The van der Waals surface area contributed by atoms with E-state index < -0.39 is 24.0 Å². The summed E-state index contributed by atoms with van der Waals surface area (Å²) < 4.78 is 5.37. The number of ether oxygens (including phenoxy) is 1. The predicted molar refractivity (Wildman–Crippen MR) is 104 cm³/mol. The quantitative estimate of drug-likeness (QED) is 0.537. The number of carbonyl (C=O) groups is 3. The molecule has 2 aromatic rings. The molecule has 0 radical (unpaired) electrons. The molecule has 27 heavy (non-hydrogen) atoms. The molecule has 0 unspecified atom stereocenters. The summed E-state index contributed by atoms with van der Waals surface area (Å²) in [5, 5.41) is 4.67. The van der Waals surface area contributed by atoms with E-state index in [1.165, 1.54) is 11.8 Å². The number of benzene rings is 2. The van der Waals surface area contributed by atoms with Crippen LogP contribution in [-0.4, -0.2) is 30.2 Å². The summed E-state index contributed by atoms with van der Waals surface area (Å²) in [5.41, 5.74) is 0.503. The van der Waals surface area contributed by atoms with Crippen LogP contribution >= 0.6 is 11.8 Å². The molecule has 3 amide bonds. The number of thioether (sulfide) groups is 1. The minimum atomic E-state index is -1.18. The smallest absolute Gasteiger partial charge is 0.321 e. The molecule has 1 atom stereocenters. The highest BCUT2D eigenvalue weighted by atomic mass is 32.2. The lowest BCUT2D eigenvalue weighted by Crippen LogP contribution is -2.42. The van der Waals surface area contributed by atoms with E-state index in [-0.39, 0.29) is 6.42 Å². The van der Waals surface area contributed by atoms with Gasteiger partial charge in [0.2, 0.25) is 6.10 Å². The lowest BCUT2D eigenvalue weighted by molar-refractivity contribution is -0.155. The zero-order valence-electron chi connectivity index (χ0n) is 15.0. The number of amides is 3. The van der Waals surface area contributed by atoms with Crippen molar-refractivity contribution in [2.24, 2.45) is 0 Å². The number of carbonyl (C=O) groups excluding carboxylic acids is 3. The number of rotatable bonds is 8. The highest BCUT2D eigenvalue weighted by Gasteiger charge is 2.26. The summed E-state index contributed by atoms with van der Waals surface area (Å²) in [6.07, 6.45) is -1.03. The van der Waals surface area contributed by atoms with Crippen molar-refractivity contribution >= 4 is 29.7 Å². The Labute approximate surface area is 162 Å². The fourth-order valence-corrected chi connectivity index (χ4v) is 3.10. The summed E-state index contributed by atoms with van der Waals surface area (Å²) in [7, 11) is 0. The molecule has 0 saturated carbocycles. The van der Waals surface area contributed by atoms with Crippen molar-refractivity contribution in [3.05, 3.63) is 66.2 Å². The minimum absolute atomic E-state index is 0.150. The number of urea groups is 1. The number of esters is 1. The van der Waals surface area contributed by atoms with E-state index in [1.54, 1.807) is 37.3 Å². The van der Waals surface area contributed by atoms with Gasteiger partial charge in [-0.15, -0.1) is 11.8 Å². The summed E-state index contributed by atoms with van der Waals surface area (Å²) in [5.74, 6) is -0.656. The maximum absolute atomic E-state index is 12.4. The van der Waals surface area contributed by atoms with Gasteiger partial charge in [-0.25, -0.2) is 4.79 Å². The molecular formula is C20H22N2O4S. The first-order valence-electron chi connectivity index (χ1n) is 8.61. The monoisotopic (exact) mass is 386 g/mol. The molecule has 2 N–H and O–H groups in total. The molecule has 0 spiro atoms.